The van der Waals surface area contributed by atoms with Crippen LogP contribution < -0.4 is 10.1 Å². The van der Waals surface area contributed by atoms with Crippen molar-refractivity contribution in [2.45, 2.75) is 27.7 Å². The quantitative estimate of drug-likeness (QED) is 0.766. The Labute approximate surface area is 110 Å². The van der Waals surface area contributed by atoms with Gasteiger partial charge in [0.1, 0.15) is 12.1 Å². The molecule has 0 unspecified atom stereocenters. The first kappa shape index (κ1) is 14.7. The molecule has 1 N–H and O–H groups in total. The molecule has 0 saturated heterocycles. The molecule has 5 nitrogen and oxygen atoms in total. The van der Waals surface area contributed by atoms with Crippen LogP contribution in [0.4, 0.5) is 5.82 Å². The van der Waals surface area contributed by atoms with E-state index in [0.29, 0.717) is 12.5 Å². The summed E-state index contributed by atoms with van der Waals surface area (Å²) in [6.07, 6.45) is 1.54. The van der Waals surface area contributed by atoms with Gasteiger partial charge in [0.05, 0.1) is 12.2 Å². The predicted octanol–water partition coefficient (Wildman–Crippen LogP) is 1.94. The van der Waals surface area contributed by atoms with Crippen molar-refractivity contribution in [2.24, 2.45) is 0 Å². The largest absolute Gasteiger partial charge is 0.478 e. The van der Waals surface area contributed by atoms with Gasteiger partial charge in [-0.25, -0.2) is 9.97 Å². The van der Waals surface area contributed by atoms with Gasteiger partial charge in [-0.2, -0.15) is 0 Å². The van der Waals surface area contributed by atoms with E-state index >= 15 is 0 Å². The van der Waals surface area contributed by atoms with Crippen molar-refractivity contribution in [1.29, 1.82) is 0 Å². The lowest BCUT2D eigenvalue weighted by molar-refractivity contribution is 0.315. The molecule has 0 spiro atoms. The molecule has 0 radical (unpaired) electrons. The molecule has 0 aliphatic rings. The van der Waals surface area contributed by atoms with Gasteiger partial charge in [0, 0.05) is 13.1 Å². The fraction of sp³-hybridized carbons (Fsp3) is 0.692. The summed E-state index contributed by atoms with van der Waals surface area (Å²) in [5, 5.41) is 3.34. The SMILES string of the molecule is CCOc1ncnc(NCCN(CC)CC)c1C. The lowest BCUT2D eigenvalue weighted by Crippen LogP contribution is -2.28. The summed E-state index contributed by atoms with van der Waals surface area (Å²) in [5.41, 5.74) is 0.971. The van der Waals surface area contributed by atoms with Crippen LogP contribution in [-0.4, -0.2) is 47.7 Å². The maximum Gasteiger partial charge on any atom is 0.221 e. The van der Waals surface area contributed by atoms with Gasteiger partial charge in [-0.05, 0) is 26.9 Å². The molecule has 5 heteroatoms. The number of rotatable bonds is 8. The van der Waals surface area contributed by atoms with Gasteiger partial charge < -0.3 is 15.0 Å². The van der Waals surface area contributed by atoms with Crippen LogP contribution in [0.1, 0.15) is 26.3 Å². The van der Waals surface area contributed by atoms with Crippen LogP contribution in [-0.2, 0) is 0 Å². The van der Waals surface area contributed by atoms with Crippen molar-refractivity contribution >= 4 is 5.82 Å². The van der Waals surface area contributed by atoms with Crippen LogP contribution in [0, 0.1) is 6.92 Å². The van der Waals surface area contributed by atoms with Gasteiger partial charge in [0.2, 0.25) is 5.88 Å². The Bertz CT molecular complexity index is 353. The minimum absolute atomic E-state index is 0.622. The highest BCUT2D eigenvalue weighted by atomic mass is 16.5. The molecule has 0 aromatic carbocycles. The molecule has 0 amide bonds. The normalized spacial score (nSPS) is 10.7. The number of likely N-dealkylation sites (N-methyl/N-ethyl adjacent to an activating group) is 1. The minimum atomic E-state index is 0.622. The number of aromatic nitrogens is 2. The first-order valence-electron chi connectivity index (χ1n) is 6.63. The van der Waals surface area contributed by atoms with Crippen molar-refractivity contribution in [1.82, 2.24) is 14.9 Å². The highest BCUT2D eigenvalue weighted by molar-refractivity contribution is 5.47. The Balaban J connectivity index is 2.54. The van der Waals surface area contributed by atoms with E-state index < -0.39 is 0 Å². The Hall–Kier alpha value is -1.36. The summed E-state index contributed by atoms with van der Waals surface area (Å²) < 4.78 is 5.45. The molecule has 0 aliphatic heterocycles. The van der Waals surface area contributed by atoms with E-state index in [1.807, 2.05) is 13.8 Å². The average Bonchev–Trinajstić information content (AvgIpc) is 2.39. The third kappa shape index (κ3) is 4.14. The number of hydrogen-bond donors (Lipinski definition) is 1. The first-order valence-corrected chi connectivity index (χ1v) is 6.63. The van der Waals surface area contributed by atoms with E-state index in [9.17, 15) is 0 Å². The predicted molar refractivity (Wildman–Crippen MR) is 74.2 cm³/mol. The fourth-order valence-corrected chi connectivity index (χ4v) is 1.77. The minimum Gasteiger partial charge on any atom is -0.478 e. The highest BCUT2D eigenvalue weighted by Gasteiger charge is 2.07. The van der Waals surface area contributed by atoms with E-state index in [0.717, 1.165) is 37.6 Å². The van der Waals surface area contributed by atoms with Gasteiger partial charge in [0.25, 0.3) is 0 Å². The molecule has 102 valence electrons. The van der Waals surface area contributed by atoms with Gasteiger partial charge >= 0.3 is 0 Å². The van der Waals surface area contributed by atoms with E-state index in [4.69, 9.17) is 4.74 Å². The highest BCUT2D eigenvalue weighted by Crippen LogP contribution is 2.19. The average molecular weight is 252 g/mol. The van der Waals surface area contributed by atoms with Gasteiger partial charge in [-0.3, -0.25) is 0 Å². The number of ether oxygens (including phenoxy) is 1. The molecule has 0 aliphatic carbocycles. The van der Waals surface area contributed by atoms with Crippen molar-refractivity contribution in [3.63, 3.8) is 0 Å². The zero-order valence-electron chi connectivity index (χ0n) is 11.9. The summed E-state index contributed by atoms with van der Waals surface area (Å²) in [6, 6.07) is 0. The van der Waals surface area contributed by atoms with Crippen LogP contribution in [0.2, 0.25) is 0 Å². The Morgan fingerprint density at radius 3 is 2.56 bits per heavy atom. The fourth-order valence-electron chi connectivity index (χ4n) is 1.77. The molecule has 18 heavy (non-hydrogen) atoms. The Kier molecular flexibility index (Phi) is 6.43. The second-order valence-corrected chi connectivity index (χ2v) is 4.04. The smallest absolute Gasteiger partial charge is 0.221 e. The van der Waals surface area contributed by atoms with Crippen molar-refractivity contribution in [3.8, 4) is 5.88 Å². The molecule has 1 heterocycles. The third-order valence-corrected chi connectivity index (χ3v) is 2.93. The molecule has 0 atom stereocenters. The molecule has 1 rings (SSSR count). The van der Waals surface area contributed by atoms with Gasteiger partial charge in [-0.15, -0.1) is 0 Å². The molecule has 1 aromatic rings. The Morgan fingerprint density at radius 2 is 1.94 bits per heavy atom. The van der Waals surface area contributed by atoms with Crippen LogP contribution in [0.5, 0.6) is 5.88 Å². The van der Waals surface area contributed by atoms with Crippen molar-refractivity contribution in [2.75, 3.05) is 38.1 Å². The molecular weight excluding hydrogens is 228 g/mol. The Morgan fingerprint density at radius 1 is 1.22 bits per heavy atom. The molecular formula is C13H24N4O. The second kappa shape index (κ2) is 7.87. The summed E-state index contributed by atoms with van der Waals surface area (Å²) >= 11 is 0. The van der Waals surface area contributed by atoms with Crippen LogP contribution in [0.15, 0.2) is 6.33 Å². The maximum atomic E-state index is 5.45. The van der Waals surface area contributed by atoms with E-state index in [1.54, 1.807) is 0 Å². The lowest BCUT2D eigenvalue weighted by Gasteiger charge is -2.18. The van der Waals surface area contributed by atoms with Crippen molar-refractivity contribution < 1.29 is 4.74 Å². The van der Waals surface area contributed by atoms with Crippen LogP contribution in [0.25, 0.3) is 0 Å². The summed E-state index contributed by atoms with van der Waals surface area (Å²) in [6.45, 7) is 12.9. The monoisotopic (exact) mass is 252 g/mol. The summed E-state index contributed by atoms with van der Waals surface area (Å²) in [7, 11) is 0. The topological polar surface area (TPSA) is 50.3 Å². The molecule has 1 aromatic heterocycles. The van der Waals surface area contributed by atoms with E-state index in [2.05, 4.69) is 34.0 Å². The van der Waals surface area contributed by atoms with Crippen LogP contribution >= 0.6 is 0 Å². The zero-order valence-corrected chi connectivity index (χ0v) is 11.9. The molecule has 0 bridgehead atoms. The zero-order chi connectivity index (χ0) is 13.4. The maximum absolute atomic E-state index is 5.45. The first-order chi connectivity index (χ1) is 8.72. The van der Waals surface area contributed by atoms with Gasteiger partial charge in [0.15, 0.2) is 0 Å². The molecule has 0 fully saturated rings. The number of nitrogens with one attached hydrogen (secondary N) is 1. The lowest BCUT2D eigenvalue weighted by atomic mass is 10.3. The van der Waals surface area contributed by atoms with E-state index in [1.165, 1.54) is 6.33 Å². The second-order valence-electron chi connectivity index (χ2n) is 4.04. The van der Waals surface area contributed by atoms with E-state index in [-0.39, 0.29) is 0 Å². The number of hydrogen-bond acceptors (Lipinski definition) is 5. The van der Waals surface area contributed by atoms with Crippen LogP contribution in [0.3, 0.4) is 0 Å². The summed E-state index contributed by atoms with van der Waals surface area (Å²) in [5.74, 6) is 1.53. The summed E-state index contributed by atoms with van der Waals surface area (Å²) in [4.78, 5) is 10.7. The number of anilines is 1. The number of nitrogens with zero attached hydrogens (tertiary/aromatic N) is 3. The van der Waals surface area contributed by atoms with Crippen molar-refractivity contribution in [3.05, 3.63) is 11.9 Å². The standard InChI is InChI=1S/C13H24N4O/c1-5-17(6-2)9-8-14-12-11(4)13(18-7-3)16-10-15-12/h10H,5-9H2,1-4H3,(H,14,15,16). The molecule has 0 saturated carbocycles. The third-order valence-electron chi connectivity index (χ3n) is 2.93. The van der Waals surface area contributed by atoms with Gasteiger partial charge in [-0.1, -0.05) is 13.8 Å².